The van der Waals surface area contributed by atoms with Gasteiger partial charge in [-0.3, -0.25) is 9.36 Å². The van der Waals surface area contributed by atoms with Crippen molar-refractivity contribution in [3.05, 3.63) is 35.2 Å². The van der Waals surface area contributed by atoms with Gasteiger partial charge in [0.25, 0.3) is 5.56 Å². The smallest absolute Gasteiger partial charge is 0.324 e. The molecular weight excluding hydrogens is 700 g/mol. The normalized spacial score (nSPS) is 40.4. The zero-order chi connectivity index (χ0) is 33.0. The number of rotatable bonds is 3. The van der Waals surface area contributed by atoms with Crippen molar-refractivity contribution in [3.8, 4) is 0 Å². The standard InChI is InChI=1S/C24H29N9O10P2S2/c1-9-30-21-14(22(36)31-9)29-8-33(21)23-17-10(3-34)12(41-23)4-39-44(37,46)43-18-16(35)15(11-2-24(11,18)5-40-45(38,47)42-17)32-7-28-13-19(25)26-6-27-20(13)32/h6-8,10-12,15-18,23,34-35H,2-5H2,1H3,(H,37,46)(H,38,47)(H2,25,26,27)(H,30,31,36)/t10-,11-,12-,15-,16+,17-,18+,23-,24+,44?,45?/m1/s1. The van der Waals surface area contributed by atoms with Crippen molar-refractivity contribution in [2.75, 3.05) is 25.6 Å². The first-order chi connectivity index (χ1) is 22.3. The summed E-state index contributed by atoms with van der Waals surface area (Å²) in [6, 6.07) is -0.653. The summed E-state index contributed by atoms with van der Waals surface area (Å²) in [5.41, 5.74) is 5.49. The summed E-state index contributed by atoms with van der Waals surface area (Å²) in [4.78, 5) is 59.0. The molecule has 23 heteroatoms. The molecule has 19 nitrogen and oxygen atoms in total. The summed E-state index contributed by atoms with van der Waals surface area (Å²) in [6.07, 6.45) is -1.04. The highest BCUT2D eigenvalue weighted by molar-refractivity contribution is 8.07. The molecule has 4 aromatic heterocycles. The first-order valence-corrected chi connectivity index (χ1v) is 19.6. The number of fused-ring (bicyclic) bond motifs is 4. The Balaban J connectivity index is 1.15. The predicted molar refractivity (Wildman–Crippen MR) is 167 cm³/mol. The number of nitrogens with zero attached hydrogens (tertiary/aromatic N) is 7. The lowest BCUT2D eigenvalue weighted by Crippen LogP contribution is -2.38. The van der Waals surface area contributed by atoms with Crippen LogP contribution in [0.2, 0.25) is 0 Å². The number of hydrogen-bond donors (Lipinski definition) is 6. The molecule has 1 spiro atoms. The average Bonchev–Trinajstić information content (AvgIpc) is 3.30. The van der Waals surface area contributed by atoms with Crippen molar-refractivity contribution in [2.45, 2.75) is 50.0 Å². The number of nitrogen functional groups attached to an aromatic ring is 1. The van der Waals surface area contributed by atoms with E-state index in [1.54, 1.807) is 11.5 Å². The van der Waals surface area contributed by atoms with Crippen molar-refractivity contribution in [3.63, 3.8) is 0 Å². The van der Waals surface area contributed by atoms with Gasteiger partial charge in [-0.2, -0.15) is 0 Å². The number of aliphatic hydroxyl groups is 2. The minimum absolute atomic E-state index is 0.0330. The number of anilines is 1. The molecule has 4 fully saturated rings. The van der Waals surface area contributed by atoms with Crippen LogP contribution in [0.15, 0.2) is 23.8 Å². The zero-order valence-electron chi connectivity index (χ0n) is 24.3. The molecule has 11 atom stereocenters. The molecule has 4 aromatic rings. The molecule has 7 N–H and O–H groups in total. The van der Waals surface area contributed by atoms with Crippen molar-refractivity contribution in [2.24, 2.45) is 17.3 Å². The Kier molecular flexibility index (Phi) is 7.51. The van der Waals surface area contributed by atoms with Crippen LogP contribution in [0.1, 0.15) is 24.5 Å². The Bertz CT molecular complexity index is 2060. The van der Waals surface area contributed by atoms with Crippen LogP contribution in [-0.4, -0.2) is 103 Å². The number of aromatic amines is 1. The Morgan fingerprint density at radius 3 is 2.62 bits per heavy atom. The Morgan fingerprint density at radius 1 is 1.09 bits per heavy atom. The van der Waals surface area contributed by atoms with Crippen molar-refractivity contribution >= 4 is 65.2 Å². The van der Waals surface area contributed by atoms with E-state index in [0.29, 0.717) is 23.4 Å². The second-order valence-electron chi connectivity index (χ2n) is 12.1. The fourth-order valence-corrected chi connectivity index (χ4v) is 10.2. The Labute approximate surface area is 274 Å². The molecule has 0 amide bonds. The number of H-pyrrole nitrogens is 1. The topological polar surface area (TPSA) is 260 Å². The summed E-state index contributed by atoms with van der Waals surface area (Å²) in [5.74, 6) is -0.698. The second kappa shape index (κ2) is 11.1. The highest BCUT2D eigenvalue weighted by Crippen LogP contribution is 2.72. The van der Waals surface area contributed by atoms with Gasteiger partial charge in [0.1, 0.15) is 36.0 Å². The summed E-state index contributed by atoms with van der Waals surface area (Å²) >= 11 is 10.9. The molecule has 47 heavy (non-hydrogen) atoms. The lowest BCUT2D eigenvalue weighted by molar-refractivity contribution is -0.0581. The van der Waals surface area contributed by atoms with Gasteiger partial charge in [0.2, 0.25) is 0 Å². The van der Waals surface area contributed by atoms with E-state index in [1.807, 2.05) is 0 Å². The highest BCUT2D eigenvalue weighted by atomic mass is 32.5. The van der Waals surface area contributed by atoms with Gasteiger partial charge in [-0.25, -0.2) is 24.9 Å². The monoisotopic (exact) mass is 729 g/mol. The van der Waals surface area contributed by atoms with E-state index < -0.39 is 73.6 Å². The van der Waals surface area contributed by atoms with Gasteiger partial charge >= 0.3 is 13.4 Å². The molecule has 0 aromatic carbocycles. The summed E-state index contributed by atoms with van der Waals surface area (Å²) in [6.45, 7) is -7.70. The first-order valence-electron chi connectivity index (χ1n) is 14.4. The lowest BCUT2D eigenvalue weighted by atomic mass is 9.99. The maximum absolute atomic E-state index is 12.5. The van der Waals surface area contributed by atoms with E-state index >= 15 is 0 Å². The molecule has 6 heterocycles. The molecule has 2 unspecified atom stereocenters. The quantitative estimate of drug-likeness (QED) is 0.146. The number of nitrogens with two attached hydrogens (primary N) is 1. The fraction of sp³-hybridized carbons (Fsp3) is 0.583. The van der Waals surface area contributed by atoms with E-state index in [9.17, 15) is 24.8 Å². The van der Waals surface area contributed by atoms with E-state index in [1.165, 1.54) is 23.5 Å². The summed E-state index contributed by atoms with van der Waals surface area (Å²) in [5, 5.41) is 22.1. The van der Waals surface area contributed by atoms with E-state index in [2.05, 4.69) is 29.9 Å². The molecule has 2 saturated carbocycles. The molecule has 2 saturated heterocycles. The maximum atomic E-state index is 12.5. The van der Waals surface area contributed by atoms with Gasteiger partial charge in [0, 0.05) is 11.3 Å². The Hall–Kier alpha value is -2.36. The fourth-order valence-electron chi connectivity index (χ4n) is 7.23. The van der Waals surface area contributed by atoms with Crippen LogP contribution in [0, 0.1) is 24.2 Å². The van der Waals surface area contributed by atoms with Crippen LogP contribution in [0.25, 0.3) is 22.3 Å². The third-order valence-corrected chi connectivity index (χ3v) is 12.5. The number of aromatic nitrogens is 8. The van der Waals surface area contributed by atoms with E-state index in [4.69, 9.17) is 52.2 Å². The molecule has 2 aliphatic heterocycles. The van der Waals surface area contributed by atoms with E-state index in [0.717, 1.165) is 0 Å². The number of imidazole rings is 2. The molecule has 0 radical (unpaired) electrons. The summed E-state index contributed by atoms with van der Waals surface area (Å²) < 4.78 is 33.2. The number of aryl methyl sites for hydroxylation is 1. The predicted octanol–water partition coefficient (Wildman–Crippen LogP) is -0.471. The van der Waals surface area contributed by atoms with Gasteiger partial charge in [-0.15, -0.1) is 0 Å². The summed E-state index contributed by atoms with van der Waals surface area (Å²) in [7, 11) is 0. The van der Waals surface area contributed by atoms with Crippen molar-refractivity contribution in [1.29, 1.82) is 0 Å². The Morgan fingerprint density at radius 2 is 1.83 bits per heavy atom. The maximum Gasteiger partial charge on any atom is 0.324 e. The molecule has 8 rings (SSSR count). The minimum Gasteiger partial charge on any atom is -0.396 e. The third-order valence-electron chi connectivity index (χ3n) is 9.46. The molecule has 252 valence electrons. The van der Waals surface area contributed by atoms with Crippen LogP contribution in [0.3, 0.4) is 0 Å². The van der Waals surface area contributed by atoms with Crippen LogP contribution in [0.5, 0.6) is 0 Å². The molecule has 2 aliphatic carbocycles. The number of nitrogens with one attached hydrogen (secondary N) is 1. The van der Waals surface area contributed by atoms with Crippen molar-refractivity contribution in [1.82, 2.24) is 39.0 Å². The minimum atomic E-state index is -4.10. The SMILES string of the molecule is Cc1nc2c(ncn2[C@@H]2O[C@@H]3COP(O)(=S)O[C@H]4[C@@H](O)[C@H](n5cnc6c(N)ncnc65)[C@H]5C[C@]54COP(O)(=S)O[C@@H]2[C@@H]3CO)c(=O)[nH]1. The number of hydrogen-bond acceptors (Lipinski definition) is 16. The highest BCUT2D eigenvalue weighted by Gasteiger charge is 2.73. The second-order valence-corrected chi connectivity index (χ2v) is 17.7. The third kappa shape index (κ3) is 5.11. The van der Waals surface area contributed by atoms with Gasteiger partial charge in [-0.05, 0) is 42.9 Å². The first kappa shape index (κ1) is 31.9. The average molecular weight is 730 g/mol. The molecule has 2 bridgehead atoms. The van der Waals surface area contributed by atoms with Gasteiger partial charge < -0.3 is 58.1 Å². The van der Waals surface area contributed by atoms with Crippen LogP contribution >= 0.6 is 13.4 Å². The number of ether oxygens (including phenoxy) is 1. The number of aliphatic hydroxyl groups excluding tert-OH is 2. The lowest BCUT2D eigenvalue weighted by Gasteiger charge is -2.32. The van der Waals surface area contributed by atoms with Crippen molar-refractivity contribution < 1.29 is 42.8 Å². The molecule has 4 aliphatic rings. The van der Waals surface area contributed by atoms with Gasteiger partial charge in [0.05, 0.1) is 44.6 Å². The van der Waals surface area contributed by atoms with Gasteiger partial charge in [0.15, 0.2) is 28.9 Å². The molecular formula is C24H29N9O10P2S2. The zero-order valence-corrected chi connectivity index (χ0v) is 27.8. The van der Waals surface area contributed by atoms with Crippen LogP contribution in [0.4, 0.5) is 5.82 Å². The van der Waals surface area contributed by atoms with E-state index in [-0.39, 0.29) is 36.1 Å². The largest absolute Gasteiger partial charge is 0.396 e. The van der Waals surface area contributed by atoms with Crippen LogP contribution < -0.4 is 11.3 Å². The van der Waals surface area contributed by atoms with Gasteiger partial charge in [-0.1, -0.05) is 0 Å². The van der Waals surface area contributed by atoms with Crippen LogP contribution in [-0.2, 0) is 46.4 Å².